The fourth-order valence-electron chi connectivity index (χ4n) is 3.10. The minimum Gasteiger partial charge on any atom is -0.494 e. The van der Waals surface area contributed by atoms with Gasteiger partial charge in [-0.05, 0) is 55.5 Å². The van der Waals surface area contributed by atoms with Crippen LogP contribution < -0.4 is 14.8 Å². The summed E-state index contributed by atoms with van der Waals surface area (Å²) in [5.41, 5.74) is 0.296. The summed E-state index contributed by atoms with van der Waals surface area (Å²) in [6.45, 7) is 10.7. The summed E-state index contributed by atoms with van der Waals surface area (Å²) in [4.78, 5) is 0. The van der Waals surface area contributed by atoms with Gasteiger partial charge in [0.05, 0.1) is 6.61 Å². The highest BCUT2D eigenvalue weighted by Gasteiger charge is 2.42. The molecule has 1 saturated carbocycles. The first kappa shape index (κ1) is 16.2. The van der Waals surface area contributed by atoms with Crippen molar-refractivity contribution in [3.05, 3.63) is 24.3 Å². The lowest BCUT2D eigenvalue weighted by atomic mass is 9.87. The lowest BCUT2D eigenvalue weighted by Gasteiger charge is -2.31. The molecule has 0 amide bonds. The third kappa shape index (κ3) is 4.13. The van der Waals surface area contributed by atoms with Crippen LogP contribution in [0.1, 0.15) is 47.0 Å². The molecule has 0 radical (unpaired) electrons. The van der Waals surface area contributed by atoms with Crippen molar-refractivity contribution in [2.45, 2.75) is 59.1 Å². The van der Waals surface area contributed by atoms with Crippen LogP contribution in [-0.4, -0.2) is 25.3 Å². The quantitative estimate of drug-likeness (QED) is 0.823. The normalized spacial score (nSPS) is 24.0. The van der Waals surface area contributed by atoms with Gasteiger partial charge in [-0.1, -0.05) is 27.7 Å². The molecule has 3 nitrogen and oxygen atoms in total. The fraction of sp³-hybridized carbons (Fsp3) is 0.667. The largest absolute Gasteiger partial charge is 0.494 e. The number of likely N-dealkylation sites (N-methyl/N-ethyl adjacent to an activating group) is 1. The number of hydrogen-bond acceptors (Lipinski definition) is 3. The molecular weight excluding hydrogens is 262 g/mol. The second-order valence-corrected chi connectivity index (χ2v) is 6.54. The fourth-order valence-corrected chi connectivity index (χ4v) is 3.10. The van der Waals surface area contributed by atoms with Gasteiger partial charge in [0.15, 0.2) is 0 Å². The van der Waals surface area contributed by atoms with Crippen LogP contribution in [0.4, 0.5) is 0 Å². The van der Waals surface area contributed by atoms with E-state index in [1.165, 1.54) is 6.42 Å². The summed E-state index contributed by atoms with van der Waals surface area (Å²) in [6, 6.07) is 8.43. The molecule has 3 heteroatoms. The molecule has 2 unspecified atom stereocenters. The Balaban J connectivity index is 1.97. The monoisotopic (exact) mass is 291 g/mol. The molecule has 2 atom stereocenters. The highest BCUT2D eigenvalue weighted by molar-refractivity contribution is 5.31. The highest BCUT2D eigenvalue weighted by Crippen LogP contribution is 2.39. The van der Waals surface area contributed by atoms with E-state index in [1.807, 2.05) is 24.3 Å². The minimum atomic E-state index is 0.252. The van der Waals surface area contributed by atoms with Crippen molar-refractivity contribution in [1.29, 1.82) is 0 Å². The van der Waals surface area contributed by atoms with Gasteiger partial charge in [-0.3, -0.25) is 0 Å². The Morgan fingerprint density at radius 1 is 1.14 bits per heavy atom. The average Bonchev–Trinajstić information content (AvgIpc) is 2.75. The molecule has 0 saturated heterocycles. The van der Waals surface area contributed by atoms with Gasteiger partial charge in [-0.2, -0.15) is 0 Å². The maximum atomic E-state index is 6.22. The van der Waals surface area contributed by atoms with Gasteiger partial charge in [-0.25, -0.2) is 0 Å². The number of benzene rings is 1. The van der Waals surface area contributed by atoms with Gasteiger partial charge < -0.3 is 14.8 Å². The Hall–Kier alpha value is -1.22. The first-order valence-electron chi connectivity index (χ1n) is 8.19. The zero-order valence-electron chi connectivity index (χ0n) is 13.8. The van der Waals surface area contributed by atoms with Gasteiger partial charge in [-0.15, -0.1) is 0 Å². The smallest absolute Gasteiger partial charge is 0.120 e. The third-order valence-corrected chi connectivity index (χ3v) is 4.29. The van der Waals surface area contributed by atoms with E-state index in [2.05, 4.69) is 33.0 Å². The second-order valence-electron chi connectivity index (χ2n) is 6.54. The van der Waals surface area contributed by atoms with E-state index in [-0.39, 0.29) is 6.10 Å². The van der Waals surface area contributed by atoms with E-state index in [9.17, 15) is 0 Å². The molecule has 1 aliphatic rings. The minimum absolute atomic E-state index is 0.252. The number of ether oxygens (including phenoxy) is 2. The van der Waals surface area contributed by atoms with Crippen LogP contribution in [0.2, 0.25) is 0 Å². The third-order valence-electron chi connectivity index (χ3n) is 4.29. The molecule has 0 heterocycles. The van der Waals surface area contributed by atoms with Crippen molar-refractivity contribution >= 4 is 0 Å². The van der Waals surface area contributed by atoms with Crippen LogP contribution in [0, 0.1) is 5.41 Å². The van der Waals surface area contributed by atoms with Crippen molar-refractivity contribution in [3.8, 4) is 11.5 Å². The molecule has 1 aromatic rings. The summed E-state index contributed by atoms with van der Waals surface area (Å²) in [6.07, 6.45) is 3.59. The van der Waals surface area contributed by atoms with Crippen molar-refractivity contribution in [2.24, 2.45) is 5.41 Å². The maximum Gasteiger partial charge on any atom is 0.120 e. The maximum absolute atomic E-state index is 6.22. The molecule has 21 heavy (non-hydrogen) atoms. The zero-order valence-corrected chi connectivity index (χ0v) is 13.8. The highest BCUT2D eigenvalue weighted by atomic mass is 16.5. The van der Waals surface area contributed by atoms with Crippen molar-refractivity contribution in [1.82, 2.24) is 5.32 Å². The first-order chi connectivity index (χ1) is 10.1. The van der Waals surface area contributed by atoms with Crippen LogP contribution in [0.5, 0.6) is 11.5 Å². The van der Waals surface area contributed by atoms with Gasteiger partial charge in [0.25, 0.3) is 0 Å². The van der Waals surface area contributed by atoms with Gasteiger partial charge in [0.2, 0.25) is 0 Å². The topological polar surface area (TPSA) is 30.5 Å². The van der Waals surface area contributed by atoms with E-state index in [0.717, 1.165) is 37.5 Å². The zero-order chi connectivity index (χ0) is 15.3. The van der Waals surface area contributed by atoms with Gasteiger partial charge in [0.1, 0.15) is 17.6 Å². The Bertz CT molecular complexity index is 427. The number of rotatable bonds is 7. The Labute approximate surface area is 129 Å². The predicted octanol–water partition coefficient (Wildman–Crippen LogP) is 4.02. The van der Waals surface area contributed by atoms with Crippen LogP contribution in [-0.2, 0) is 0 Å². The molecule has 2 rings (SSSR count). The molecule has 1 aromatic carbocycles. The molecule has 0 aromatic heterocycles. The van der Waals surface area contributed by atoms with Crippen molar-refractivity contribution < 1.29 is 9.47 Å². The Kier molecular flexibility index (Phi) is 5.51. The van der Waals surface area contributed by atoms with Gasteiger partial charge >= 0.3 is 0 Å². The SMILES string of the molecule is CCCOc1ccc(OC2CCC(C)(C)C2NCC)cc1. The molecule has 1 fully saturated rings. The Morgan fingerprint density at radius 3 is 2.43 bits per heavy atom. The van der Waals surface area contributed by atoms with Crippen LogP contribution in [0.15, 0.2) is 24.3 Å². The standard InChI is InChI=1S/C18H29NO2/c1-5-13-20-14-7-9-15(10-8-14)21-16-11-12-18(3,4)17(16)19-6-2/h7-10,16-17,19H,5-6,11-13H2,1-4H3. The van der Waals surface area contributed by atoms with Crippen LogP contribution in [0.3, 0.4) is 0 Å². The molecule has 0 bridgehead atoms. The molecular formula is C18H29NO2. The molecule has 1 aliphatic carbocycles. The molecule has 0 spiro atoms. The number of nitrogens with one attached hydrogen (secondary N) is 1. The molecule has 0 aliphatic heterocycles. The summed E-state index contributed by atoms with van der Waals surface area (Å²) < 4.78 is 11.8. The lowest BCUT2D eigenvalue weighted by Crippen LogP contribution is -2.46. The lowest BCUT2D eigenvalue weighted by molar-refractivity contribution is 0.141. The van der Waals surface area contributed by atoms with Crippen LogP contribution >= 0.6 is 0 Å². The summed E-state index contributed by atoms with van der Waals surface area (Å²) in [5.74, 6) is 1.85. The summed E-state index contributed by atoms with van der Waals surface area (Å²) in [7, 11) is 0. The Morgan fingerprint density at radius 2 is 1.81 bits per heavy atom. The molecule has 1 N–H and O–H groups in total. The van der Waals surface area contributed by atoms with Gasteiger partial charge in [0, 0.05) is 6.04 Å². The first-order valence-corrected chi connectivity index (χ1v) is 8.19. The van der Waals surface area contributed by atoms with E-state index in [0.29, 0.717) is 11.5 Å². The van der Waals surface area contributed by atoms with E-state index < -0.39 is 0 Å². The summed E-state index contributed by atoms with van der Waals surface area (Å²) in [5, 5.41) is 3.59. The van der Waals surface area contributed by atoms with Crippen molar-refractivity contribution in [2.75, 3.05) is 13.2 Å². The van der Waals surface area contributed by atoms with E-state index >= 15 is 0 Å². The average molecular weight is 291 g/mol. The van der Waals surface area contributed by atoms with E-state index in [4.69, 9.17) is 9.47 Å². The summed E-state index contributed by atoms with van der Waals surface area (Å²) >= 11 is 0. The van der Waals surface area contributed by atoms with Crippen molar-refractivity contribution in [3.63, 3.8) is 0 Å². The number of hydrogen-bond donors (Lipinski definition) is 1. The van der Waals surface area contributed by atoms with Crippen LogP contribution in [0.25, 0.3) is 0 Å². The second kappa shape index (κ2) is 7.17. The predicted molar refractivity (Wildman–Crippen MR) is 87.1 cm³/mol. The molecule has 118 valence electrons. The van der Waals surface area contributed by atoms with E-state index in [1.54, 1.807) is 0 Å².